The number of carboxylic acids is 1. The summed E-state index contributed by atoms with van der Waals surface area (Å²) in [4.78, 5) is 26.2. The van der Waals surface area contributed by atoms with Crippen molar-refractivity contribution in [2.45, 2.75) is 33.1 Å². The van der Waals surface area contributed by atoms with Crippen LogP contribution in [0.3, 0.4) is 0 Å². The number of hydrogen-bond acceptors (Lipinski definition) is 2. The molecule has 21 heavy (non-hydrogen) atoms. The number of fused-ring (bicyclic) bond motifs is 3. The van der Waals surface area contributed by atoms with Gasteiger partial charge >= 0.3 is 5.97 Å². The Labute approximate surface area is 122 Å². The summed E-state index contributed by atoms with van der Waals surface area (Å²) in [5.74, 6) is -0.982. The summed E-state index contributed by atoms with van der Waals surface area (Å²) in [5.41, 5.74) is 4.97. The van der Waals surface area contributed by atoms with Gasteiger partial charge in [-0.25, -0.2) is 4.79 Å². The molecule has 1 atom stereocenters. The van der Waals surface area contributed by atoms with Crippen LogP contribution in [0.2, 0.25) is 0 Å². The number of aryl methyl sites for hydroxylation is 1. The monoisotopic (exact) mass is 283 g/mol. The largest absolute Gasteiger partial charge is 0.477 e. The van der Waals surface area contributed by atoms with Crippen LogP contribution in [-0.2, 0) is 6.42 Å². The number of aromatic amines is 1. The first-order valence-corrected chi connectivity index (χ1v) is 7.00. The van der Waals surface area contributed by atoms with Crippen molar-refractivity contribution in [1.29, 1.82) is 0 Å². The van der Waals surface area contributed by atoms with E-state index in [1.807, 2.05) is 6.92 Å². The van der Waals surface area contributed by atoms with Gasteiger partial charge in [-0.15, -0.1) is 0 Å². The minimum Gasteiger partial charge on any atom is -0.477 e. The lowest BCUT2D eigenvalue weighted by molar-refractivity contribution is 0.0694. The van der Waals surface area contributed by atoms with Crippen molar-refractivity contribution in [3.05, 3.63) is 56.4 Å². The highest BCUT2D eigenvalue weighted by Crippen LogP contribution is 2.40. The fraction of sp³-hybridized carbons (Fsp3) is 0.294. The third-order valence-corrected chi connectivity index (χ3v) is 4.28. The molecule has 1 unspecified atom stereocenters. The van der Waals surface area contributed by atoms with Gasteiger partial charge in [-0.3, -0.25) is 4.79 Å². The molecule has 0 saturated heterocycles. The topological polar surface area (TPSA) is 70.2 Å². The highest BCUT2D eigenvalue weighted by molar-refractivity contribution is 5.90. The number of aromatic nitrogens is 1. The Hall–Kier alpha value is -2.36. The zero-order valence-corrected chi connectivity index (χ0v) is 12.3. The normalized spacial score (nSPS) is 16.2. The maximum Gasteiger partial charge on any atom is 0.341 e. The molecule has 0 spiro atoms. The first-order valence-electron chi connectivity index (χ1n) is 7.00. The van der Waals surface area contributed by atoms with Gasteiger partial charge in [0.2, 0.25) is 0 Å². The number of hydrogen-bond donors (Lipinski definition) is 2. The van der Waals surface area contributed by atoms with Crippen molar-refractivity contribution >= 4 is 5.97 Å². The van der Waals surface area contributed by atoms with E-state index in [1.165, 1.54) is 5.56 Å². The average molecular weight is 283 g/mol. The molecule has 1 aromatic carbocycles. The molecule has 0 amide bonds. The van der Waals surface area contributed by atoms with Gasteiger partial charge in [-0.05, 0) is 48.9 Å². The summed E-state index contributed by atoms with van der Waals surface area (Å²) >= 11 is 0. The number of H-pyrrole nitrogens is 1. The molecule has 1 aromatic heterocycles. The van der Waals surface area contributed by atoms with Crippen LogP contribution in [0, 0.1) is 13.8 Å². The van der Waals surface area contributed by atoms with E-state index >= 15 is 0 Å². The molecule has 4 nitrogen and oxygen atoms in total. The van der Waals surface area contributed by atoms with E-state index in [2.05, 4.69) is 30.1 Å². The molecule has 0 fully saturated rings. The molecule has 2 N–H and O–H groups in total. The average Bonchev–Trinajstić information content (AvgIpc) is 2.38. The van der Waals surface area contributed by atoms with Crippen molar-refractivity contribution in [3.63, 3.8) is 0 Å². The minimum atomic E-state index is -1.17. The Bertz CT molecular complexity index is 818. The van der Waals surface area contributed by atoms with Crippen molar-refractivity contribution in [2.24, 2.45) is 0 Å². The van der Waals surface area contributed by atoms with Crippen LogP contribution < -0.4 is 5.56 Å². The zero-order chi connectivity index (χ0) is 15.3. The van der Waals surface area contributed by atoms with Crippen LogP contribution in [0.25, 0.3) is 11.3 Å². The van der Waals surface area contributed by atoms with Crippen LogP contribution in [-0.4, -0.2) is 16.1 Å². The highest BCUT2D eigenvalue weighted by atomic mass is 16.4. The lowest BCUT2D eigenvalue weighted by Gasteiger charge is -2.27. The predicted octanol–water partition coefficient (Wildman–Crippen LogP) is 3.02. The number of carboxylic acid groups (broad SMARTS) is 1. The predicted molar refractivity (Wildman–Crippen MR) is 81.1 cm³/mol. The summed E-state index contributed by atoms with van der Waals surface area (Å²) in [6, 6.07) is 6.20. The van der Waals surface area contributed by atoms with E-state index in [1.54, 1.807) is 6.92 Å². The Morgan fingerprint density at radius 3 is 2.71 bits per heavy atom. The summed E-state index contributed by atoms with van der Waals surface area (Å²) in [7, 11) is 0. The van der Waals surface area contributed by atoms with Gasteiger partial charge in [0.25, 0.3) is 5.56 Å². The van der Waals surface area contributed by atoms with Gasteiger partial charge in [0.1, 0.15) is 5.56 Å². The fourth-order valence-electron chi connectivity index (χ4n) is 3.35. The van der Waals surface area contributed by atoms with Crippen molar-refractivity contribution in [3.8, 4) is 11.3 Å². The first kappa shape index (κ1) is 13.6. The van der Waals surface area contributed by atoms with Gasteiger partial charge in [0, 0.05) is 5.56 Å². The summed E-state index contributed by atoms with van der Waals surface area (Å²) in [5, 5.41) is 9.25. The van der Waals surface area contributed by atoms with E-state index in [-0.39, 0.29) is 11.5 Å². The molecular weight excluding hydrogens is 266 g/mol. The molecule has 1 aliphatic rings. The molecule has 1 aliphatic carbocycles. The highest BCUT2D eigenvalue weighted by Gasteiger charge is 2.28. The number of rotatable bonds is 1. The Morgan fingerprint density at radius 2 is 2.05 bits per heavy atom. The Kier molecular flexibility index (Phi) is 2.97. The number of benzene rings is 1. The van der Waals surface area contributed by atoms with Crippen LogP contribution in [0.1, 0.15) is 45.5 Å². The van der Waals surface area contributed by atoms with Crippen LogP contribution >= 0.6 is 0 Å². The molecular formula is C17H17NO3. The second kappa shape index (κ2) is 4.58. The van der Waals surface area contributed by atoms with Gasteiger partial charge in [-0.2, -0.15) is 0 Å². The van der Waals surface area contributed by atoms with Crippen molar-refractivity contribution < 1.29 is 9.90 Å². The lowest BCUT2D eigenvalue weighted by Crippen LogP contribution is -2.25. The molecule has 0 bridgehead atoms. The smallest absolute Gasteiger partial charge is 0.341 e. The van der Waals surface area contributed by atoms with Crippen LogP contribution in [0.4, 0.5) is 0 Å². The summed E-state index contributed by atoms with van der Waals surface area (Å²) < 4.78 is 0. The molecule has 4 heteroatoms. The number of aromatic carboxylic acids is 1. The molecule has 108 valence electrons. The summed E-state index contributed by atoms with van der Waals surface area (Å²) in [6.45, 7) is 5.81. The van der Waals surface area contributed by atoms with Gasteiger partial charge in [0.15, 0.2) is 0 Å². The molecule has 0 saturated carbocycles. The SMILES string of the molecule is Cc1ccc2c(c1)-c1[nH]c(=O)c(C(=O)O)c(C)c1C(C)C2. The standard InChI is InChI=1S/C17H17NO3/c1-8-4-5-11-7-9(2)13-10(3)14(17(20)21)16(19)18-15(13)12(11)6-8/h4-6,9H,7H2,1-3H3,(H,18,19)(H,20,21). The van der Waals surface area contributed by atoms with E-state index in [0.717, 1.165) is 28.8 Å². The summed E-state index contributed by atoms with van der Waals surface area (Å²) in [6.07, 6.45) is 0.856. The third kappa shape index (κ3) is 1.98. The second-order valence-corrected chi connectivity index (χ2v) is 5.81. The first-order chi connectivity index (χ1) is 9.90. The van der Waals surface area contributed by atoms with Gasteiger partial charge in [-0.1, -0.05) is 24.6 Å². The van der Waals surface area contributed by atoms with E-state index in [9.17, 15) is 14.7 Å². The van der Waals surface area contributed by atoms with Gasteiger partial charge in [0.05, 0.1) is 5.69 Å². The van der Waals surface area contributed by atoms with Crippen LogP contribution in [0.5, 0.6) is 0 Å². The molecule has 0 radical (unpaired) electrons. The van der Waals surface area contributed by atoms with Crippen molar-refractivity contribution in [2.75, 3.05) is 0 Å². The van der Waals surface area contributed by atoms with Crippen LogP contribution in [0.15, 0.2) is 23.0 Å². The maximum atomic E-state index is 12.1. The van der Waals surface area contributed by atoms with Crippen molar-refractivity contribution in [1.82, 2.24) is 4.98 Å². The maximum absolute atomic E-state index is 12.1. The minimum absolute atomic E-state index is 0.142. The van der Waals surface area contributed by atoms with E-state index < -0.39 is 11.5 Å². The zero-order valence-electron chi connectivity index (χ0n) is 12.3. The number of carbonyl (C=O) groups is 1. The molecule has 3 rings (SSSR count). The molecule has 1 heterocycles. The van der Waals surface area contributed by atoms with E-state index in [0.29, 0.717) is 5.56 Å². The Balaban J connectivity index is 2.39. The third-order valence-electron chi connectivity index (χ3n) is 4.28. The van der Waals surface area contributed by atoms with E-state index in [4.69, 9.17) is 0 Å². The number of nitrogens with one attached hydrogen (secondary N) is 1. The molecule has 2 aromatic rings. The lowest BCUT2D eigenvalue weighted by atomic mass is 9.79. The molecule has 0 aliphatic heterocycles. The Morgan fingerprint density at radius 1 is 1.33 bits per heavy atom. The quantitative estimate of drug-likeness (QED) is 0.845. The number of pyridine rings is 1. The second-order valence-electron chi connectivity index (χ2n) is 5.81. The fourth-order valence-corrected chi connectivity index (χ4v) is 3.35. The van der Waals surface area contributed by atoms with Gasteiger partial charge < -0.3 is 10.1 Å².